The lowest BCUT2D eigenvalue weighted by Crippen LogP contribution is -2.35. The highest BCUT2D eigenvalue weighted by molar-refractivity contribution is 5.24. The number of hydrogen-bond donors (Lipinski definition) is 2. The molecular formula is C14H28N4. The maximum Gasteiger partial charge on any atom is 0.0628 e. The van der Waals surface area contributed by atoms with Gasteiger partial charge in [-0.05, 0) is 51.0 Å². The molecule has 0 aliphatic heterocycles. The van der Waals surface area contributed by atoms with Crippen molar-refractivity contribution in [2.75, 3.05) is 0 Å². The summed E-state index contributed by atoms with van der Waals surface area (Å²) in [6.45, 7) is 8.72. The SMILES string of the molecule is Cc1nn(C)c(C)c1CCC(CCC(C)C)NN. The fourth-order valence-electron chi connectivity index (χ4n) is 2.34. The fraction of sp³-hybridized carbons (Fsp3) is 0.786. The third-order valence-electron chi connectivity index (χ3n) is 3.73. The highest BCUT2D eigenvalue weighted by atomic mass is 15.3. The predicted molar refractivity (Wildman–Crippen MR) is 76.2 cm³/mol. The van der Waals surface area contributed by atoms with E-state index in [1.807, 2.05) is 11.7 Å². The Bertz CT molecular complexity index is 368. The van der Waals surface area contributed by atoms with Crippen LogP contribution in [-0.2, 0) is 13.5 Å². The van der Waals surface area contributed by atoms with Crippen LogP contribution in [-0.4, -0.2) is 15.8 Å². The summed E-state index contributed by atoms with van der Waals surface area (Å²) in [5, 5.41) is 4.45. The Labute approximate surface area is 111 Å². The lowest BCUT2D eigenvalue weighted by molar-refractivity contribution is 0.416. The lowest BCUT2D eigenvalue weighted by Gasteiger charge is -2.17. The smallest absolute Gasteiger partial charge is 0.0628 e. The quantitative estimate of drug-likeness (QED) is 0.578. The first-order valence-electron chi connectivity index (χ1n) is 6.90. The van der Waals surface area contributed by atoms with E-state index in [-0.39, 0.29) is 0 Å². The van der Waals surface area contributed by atoms with Crippen LogP contribution in [0.3, 0.4) is 0 Å². The van der Waals surface area contributed by atoms with Crippen LogP contribution in [0.4, 0.5) is 0 Å². The van der Waals surface area contributed by atoms with E-state index in [2.05, 4.69) is 38.2 Å². The van der Waals surface area contributed by atoms with Crippen molar-refractivity contribution >= 4 is 0 Å². The molecule has 0 saturated heterocycles. The molecule has 104 valence electrons. The molecule has 3 N–H and O–H groups in total. The molecule has 0 bridgehead atoms. The van der Waals surface area contributed by atoms with E-state index in [1.165, 1.54) is 17.7 Å². The summed E-state index contributed by atoms with van der Waals surface area (Å²) in [4.78, 5) is 0. The van der Waals surface area contributed by atoms with Gasteiger partial charge in [0.2, 0.25) is 0 Å². The molecule has 0 spiro atoms. The van der Waals surface area contributed by atoms with Crippen molar-refractivity contribution in [1.82, 2.24) is 15.2 Å². The minimum absolute atomic E-state index is 0.409. The van der Waals surface area contributed by atoms with Gasteiger partial charge in [0.15, 0.2) is 0 Å². The van der Waals surface area contributed by atoms with Gasteiger partial charge < -0.3 is 0 Å². The molecule has 0 fully saturated rings. The third kappa shape index (κ3) is 4.10. The summed E-state index contributed by atoms with van der Waals surface area (Å²) in [6.07, 6.45) is 4.50. The van der Waals surface area contributed by atoms with Crippen LogP contribution in [0.1, 0.15) is 50.1 Å². The van der Waals surface area contributed by atoms with Crippen molar-refractivity contribution in [3.8, 4) is 0 Å². The molecule has 0 saturated carbocycles. The molecule has 1 heterocycles. The monoisotopic (exact) mass is 252 g/mol. The molecule has 1 unspecified atom stereocenters. The van der Waals surface area contributed by atoms with Crippen molar-refractivity contribution in [2.24, 2.45) is 18.8 Å². The minimum Gasteiger partial charge on any atom is -0.272 e. The number of aryl methyl sites for hydroxylation is 2. The second-order valence-electron chi connectivity index (χ2n) is 5.65. The normalized spacial score (nSPS) is 13.3. The van der Waals surface area contributed by atoms with E-state index in [1.54, 1.807) is 0 Å². The van der Waals surface area contributed by atoms with Crippen LogP contribution in [0.2, 0.25) is 0 Å². The summed E-state index contributed by atoms with van der Waals surface area (Å²) in [5.41, 5.74) is 6.74. The van der Waals surface area contributed by atoms with Gasteiger partial charge in [-0.2, -0.15) is 5.10 Å². The Morgan fingerprint density at radius 1 is 1.22 bits per heavy atom. The average molecular weight is 252 g/mol. The van der Waals surface area contributed by atoms with Crippen LogP contribution in [0.15, 0.2) is 0 Å². The van der Waals surface area contributed by atoms with Gasteiger partial charge in [-0.3, -0.25) is 16.0 Å². The van der Waals surface area contributed by atoms with Crippen LogP contribution in [0.25, 0.3) is 0 Å². The number of hydrazine groups is 1. The van der Waals surface area contributed by atoms with E-state index < -0.39 is 0 Å². The fourth-order valence-corrected chi connectivity index (χ4v) is 2.34. The topological polar surface area (TPSA) is 55.9 Å². The first-order chi connectivity index (χ1) is 8.45. The van der Waals surface area contributed by atoms with Crippen molar-refractivity contribution in [3.05, 3.63) is 17.0 Å². The first-order valence-corrected chi connectivity index (χ1v) is 6.90. The zero-order valence-electron chi connectivity index (χ0n) is 12.5. The molecule has 1 aromatic heterocycles. The molecule has 0 aliphatic carbocycles. The van der Waals surface area contributed by atoms with Crippen LogP contribution >= 0.6 is 0 Å². The van der Waals surface area contributed by atoms with Crippen LogP contribution in [0.5, 0.6) is 0 Å². The highest BCUT2D eigenvalue weighted by Gasteiger charge is 2.13. The Hall–Kier alpha value is -0.870. The Balaban J connectivity index is 2.52. The van der Waals surface area contributed by atoms with Gasteiger partial charge in [-0.1, -0.05) is 13.8 Å². The summed E-state index contributed by atoms with van der Waals surface area (Å²) < 4.78 is 1.96. The van der Waals surface area contributed by atoms with Crippen molar-refractivity contribution in [2.45, 2.75) is 59.4 Å². The average Bonchev–Trinajstić information content (AvgIpc) is 2.54. The Morgan fingerprint density at radius 2 is 1.89 bits per heavy atom. The molecule has 0 aliphatic rings. The van der Waals surface area contributed by atoms with E-state index in [4.69, 9.17) is 5.84 Å². The molecule has 1 atom stereocenters. The molecule has 4 heteroatoms. The van der Waals surface area contributed by atoms with Gasteiger partial charge in [0, 0.05) is 18.8 Å². The molecule has 1 aromatic rings. The number of hydrogen-bond acceptors (Lipinski definition) is 3. The standard InChI is InChI=1S/C14H28N4/c1-10(2)6-7-13(16-15)8-9-14-11(3)17-18(5)12(14)4/h10,13,16H,6-9,15H2,1-5H3. The second-order valence-corrected chi connectivity index (χ2v) is 5.65. The minimum atomic E-state index is 0.409. The predicted octanol–water partition coefficient (Wildman–Crippen LogP) is 2.24. The van der Waals surface area contributed by atoms with Crippen molar-refractivity contribution < 1.29 is 0 Å². The number of nitrogens with one attached hydrogen (secondary N) is 1. The zero-order chi connectivity index (χ0) is 13.7. The number of nitrogens with two attached hydrogens (primary N) is 1. The molecule has 4 nitrogen and oxygen atoms in total. The van der Waals surface area contributed by atoms with Crippen molar-refractivity contribution in [1.29, 1.82) is 0 Å². The second kappa shape index (κ2) is 6.90. The number of aromatic nitrogens is 2. The summed E-state index contributed by atoms with van der Waals surface area (Å²) in [7, 11) is 2.00. The Morgan fingerprint density at radius 3 is 2.33 bits per heavy atom. The van der Waals surface area contributed by atoms with Gasteiger partial charge in [0.1, 0.15) is 0 Å². The molecule has 18 heavy (non-hydrogen) atoms. The number of rotatable bonds is 7. The summed E-state index contributed by atoms with van der Waals surface area (Å²) >= 11 is 0. The zero-order valence-corrected chi connectivity index (χ0v) is 12.5. The van der Waals surface area contributed by atoms with Crippen LogP contribution in [0, 0.1) is 19.8 Å². The molecule has 0 aromatic carbocycles. The van der Waals surface area contributed by atoms with E-state index in [0.717, 1.165) is 30.9 Å². The van der Waals surface area contributed by atoms with Crippen molar-refractivity contribution in [3.63, 3.8) is 0 Å². The van der Waals surface area contributed by atoms with Gasteiger partial charge in [0.05, 0.1) is 5.69 Å². The van der Waals surface area contributed by atoms with Gasteiger partial charge in [0.25, 0.3) is 0 Å². The van der Waals surface area contributed by atoms with Gasteiger partial charge in [-0.15, -0.1) is 0 Å². The van der Waals surface area contributed by atoms with E-state index in [9.17, 15) is 0 Å². The van der Waals surface area contributed by atoms with E-state index >= 15 is 0 Å². The summed E-state index contributed by atoms with van der Waals surface area (Å²) in [6, 6.07) is 0.409. The van der Waals surface area contributed by atoms with Gasteiger partial charge in [-0.25, -0.2) is 0 Å². The molecular weight excluding hydrogens is 224 g/mol. The largest absolute Gasteiger partial charge is 0.272 e. The molecule has 0 radical (unpaired) electrons. The molecule has 0 amide bonds. The lowest BCUT2D eigenvalue weighted by atomic mass is 9.98. The summed E-state index contributed by atoms with van der Waals surface area (Å²) in [5.74, 6) is 6.37. The molecule has 1 rings (SSSR count). The maximum absolute atomic E-state index is 5.63. The van der Waals surface area contributed by atoms with Crippen LogP contribution < -0.4 is 11.3 Å². The maximum atomic E-state index is 5.63. The third-order valence-corrected chi connectivity index (χ3v) is 3.73. The first kappa shape index (κ1) is 15.2. The van der Waals surface area contributed by atoms with E-state index in [0.29, 0.717) is 6.04 Å². The van der Waals surface area contributed by atoms with Gasteiger partial charge >= 0.3 is 0 Å². The number of nitrogens with zero attached hydrogens (tertiary/aromatic N) is 2. The highest BCUT2D eigenvalue weighted by Crippen LogP contribution is 2.17. The Kier molecular flexibility index (Phi) is 5.82.